The molecular weight excluding hydrogens is 520 g/mol. The molecular formula is C25H20Br2N2O2. The fraction of sp³-hybridized carbons (Fsp3) is 0.200. The molecule has 0 N–H and O–H groups in total. The van der Waals surface area contributed by atoms with Crippen molar-refractivity contribution in [3.63, 3.8) is 0 Å². The average Bonchev–Trinajstić information content (AvgIpc) is 3.44. The molecule has 1 saturated carbocycles. The van der Waals surface area contributed by atoms with Gasteiger partial charge in [0.1, 0.15) is 0 Å². The molecule has 0 radical (unpaired) electrons. The number of benzene rings is 2. The van der Waals surface area contributed by atoms with Gasteiger partial charge in [-0.15, -0.1) is 0 Å². The number of fused-ring (bicyclic) bond motifs is 1. The van der Waals surface area contributed by atoms with Crippen molar-refractivity contribution in [1.29, 1.82) is 0 Å². The Kier molecular flexibility index (Phi) is 5.67. The summed E-state index contributed by atoms with van der Waals surface area (Å²) >= 11 is 7.01. The van der Waals surface area contributed by atoms with Crippen molar-refractivity contribution in [1.82, 2.24) is 5.01 Å². The minimum atomic E-state index is -0.206. The predicted molar refractivity (Wildman–Crippen MR) is 129 cm³/mol. The highest BCUT2D eigenvalue weighted by atomic mass is 79.9. The van der Waals surface area contributed by atoms with Gasteiger partial charge in [0, 0.05) is 14.9 Å². The molecule has 2 aliphatic rings. The van der Waals surface area contributed by atoms with E-state index in [0.717, 1.165) is 45.0 Å². The molecule has 5 rings (SSSR count). The van der Waals surface area contributed by atoms with Crippen LogP contribution in [0, 0.1) is 5.92 Å². The summed E-state index contributed by atoms with van der Waals surface area (Å²) in [6.07, 6.45) is 6.76. The lowest BCUT2D eigenvalue weighted by Crippen LogP contribution is -2.31. The molecule has 0 unspecified atom stereocenters. The zero-order valence-corrected chi connectivity index (χ0v) is 19.8. The van der Waals surface area contributed by atoms with E-state index in [1.54, 1.807) is 17.1 Å². The monoisotopic (exact) mass is 538 g/mol. The number of hydrogen-bond donors (Lipinski definition) is 0. The Bertz CT molecular complexity index is 1150. The van der Waals surface area contributed by atoms with Crippen LogP contribution in [0.25, 0.3) is 6.08 Å². The Morgan fingerprint density at radius 2 is 1.74 bits per heavy atom. The number of hydrogen-bond acceptors (Lipinski definition) is 3. The predicted octanol–water partition coefficient (Wildman–Crippen LogP) is 7.24. The first-order valence-electron chi connectivity index (χ1n) is 10.3. The van der Waals surface area contributed by atoms with E-state index in [1.807, 2.05) is 24.3 Å². The number of carbonyl (C=O) groups excluding carboxylic acids is 1. The molecule has 3 aromatic rings. The van der Waals surface area contributed by atoms with Crippen molar-refractivity contribution in [2.75, 3.05) is 0 Å². The van der Waals surface area contributed by atoms with Crippen LogP contribution in [0.15, 0.2) is 91.0 Å². The van der Waals surface area contributed by atoms with Gasteiger partial charge in [0.2, 0.25) is 0 Å². The summed E-state index contributed by atoms with van der Waals surface area (Å²) in [6.45, 7) is 0. The Hall–Kier alpha value is -2.44. The number of hydrazone groups is 1. The third-order valence-electron chi connectivity index (χ3n) is 5.86. The zero-order chi connectivity index (χ0) is 21.4. The van der Waals surface area contributed by atoms with Gasteiger partial charge in [0.15, 0.2) is 5.76 Å². The third-order valence-corrected chi connectivity index (χ3v) is 6.92. The van der Waals surface area contributed by atoms with Crippen LogP contribution in [0.3, 0.4) is 0 Å². The van der Waals surface area contributed by atoms with Crippen molar-refractivity contribution in [3.05, 3.63) is 98.3 Å². The lowest BCUT2D eigenvalue weighted by atomic mass is 9.77. The first-order valence-corrected chi connectivity index (χ1v) is 11.9. The Morgan fingerprint density at radius 1 is 1.03 bits per heavy atom. The number of allylic oxidation sites excluding steroid dienone is 1. The summed E-state index contributed by atoms with van der Waals surface area (Å²) < 4.78 is 7.48. The molecule has 0 bridgehead atoms. The smallest absolute Gasteiger partial charge is 0.310 e. The summed E-state index contributed by atoms with van der Waals surface area (Å²) in [6, 6.07) is 19.7. The van der Waals surface area contributed by atoms with Gasteiger partial charge in [-0.05, 0) is 78.4 Å². The highest BCUT2D eigenvalue weighted by molar-refractivity contribution is 9.10. The van der Waals surface area contributed by atoms with Crippen LogP contribution in [0.1, 0.15) is 47.0 Å². The van der Waals surface area contributed by atoms with Crippen molar-refractivity contribution < 1.29 is 9.21 Å². The molecule has 4 nitrogen and oxygen atoms in total. The van der Waals surface area contributed by atoms with Gasteiger partial charge in [-0.2, -0.15) is 5.10 Å². The zero-order valence-electron chi connectivity index (χ0n) is 16.7. The molecule has 1 fully saturated rings. The molecule has 1 aliphatic carbocycles. The van der Waals surface area contributed by atoms with Crippen LogP contribution in [-0.4, -0.2) is 16.6 Å². The van der Waals surface area contributed by atoms with Crippen molar-refractivity contribution in [3.8, 4) is 0 Å². The van der Waals surface area contributed by atoms with Gasteiger partial charge in [0.25, 0.3) is 0 Å². The minimum absolute atomic E-state index is 0.144. The van der Waals surface area contributed by atoms with E-state index in [1.165, 1.54) is 11.8 Å². The molecule has 0 spiro atoms. The molecule has 1 aromatic heterocycles. The first-order chi connectivity index (χ1) is 15.1. The second-order valence-electron chi connectivity index (χ2n) is 7.83. The summed E-state index contributed by atoms with van der Waals surface area (Å²) in [5.74, 6) is 0.266. The molecule has 1 amide bonds. The normalized spacial score (nSPS) is 21.8. The summed E-state index contributed by atoms with van der Waals surface area (Å²) in [5, 5.41) is 6.52. The molecule has 0 saturated heterocycles. The van der Waals surface area contributed by atoms with Gasteiger partial charge in [-0.1, -0.05) is 56.1 Å². The second kappa shape index (κ2) is 8.60. The quantitative estimate of drug-likeness (QED) is 0.352. The minimum Gasteiger partial charge on any atom is -0.459 e. The lowest BCUT2D eigenvalue weighted by Gasteiger charge is -2.29. The Balaban J connectivity index is 1.57. The Labute approximate surface area is 197 Å². The number of nitrogens with zero attached hydrogens (tertiary/aromatic N) is 2. The molecule has 31 heavy (non-hydrogen) atoms. The summed E-state index contributed by atoms with van der Waals surface area (Å²) in [5.41, 5.74) is 4.44. The van der Waals surface area contributed by atoms with E-state index in [9.17, 15) is 4.79 Å². The molecule has 2 atom stereocenters. The van der Waals surface area contributed by atoms with Gasteiger partial charge in [0.05, 0.1) is 18.0 Å². The molecule has 2 aromatic carbocycles. The molecule has 1 aliphatic heterocycles. The summed E-state index contributed by atoms with van der Waals surface area (Å²) in [4.78, 5) is 13.3. The van der Waals surface area contributed by atoms with Gasteiger partial charge in [-0.25, -0.2) is 5.01 Å². The van der Waals surface area contributed by atoms with E-state index in [-0.39, 0.29) is 17.9 Å². The van der Waals surface area contributed by atoms with Crippen LogP contribution in [0.5, 0.6) is 0 Å². The fourth-order valence-electron chi connectivity index (χ4n) is 4.43. The highest BCUT2D eigenvalue weighted by Gasteiger charge is 2.44. The third kappa shape index (κ3) is 4.06. The maximum Gasteiger partial charge on any atom is 0.310 e. The molecule has 2 heterocycles. The van der Waals surface area contributed by atoms with Crippen molar-refractivity contribution in [2.24, 2.45) is 11.0 Å². The first kappa shape index (κ1) is 20.5. The maximum atomic E-state index is 13.3. The van der Waals surface area contributed by atoms with Gasteiger partial charge >= 0.3 is 5.91 Å². The summed E-state index contributed by atoms with van der Waals surface area (Å²) in [7, 11) is 0. The maximum absolute atomic E-state index is 13.3. The van der Waals surface area contributed by atoms with Crippen LogP contribution in [0.2, 0.25) is 0 Å². The van der Waals surface area contributed by atoms with Crippen LogP contribution in [-0.2, 0) is 0 Å². The van der Waals surface area contributed by atoms with Crippen molar-refractivity contribution >= 4 is 49.6 Å². The Morgan fingerprint density at radius 3 is 2.42 bits per heavy atom. The van der Waals surface area contributed by atoms with E-state index < -0.39 is 0 Å². The molecule has 6 heteroatoms. The molecule has 156 valence electrons. The number of carbonyl (C=O) groups is 1. The number of rotatable bonds is 3. The second-order valence-corrected chi connectivity index (χ2v) is 9.66. The number of amides is 1. The topological polar surface area (TPSA) is 45.8 Å². The van der Waals surface area contributed by atoms with Crippen molar-refractivity contribution in [2.45, 2.75) is 25.3 Å². The van der Waals surface area contributed by atoms with E-state index in [2.05, 4.69) is 62.2 Å². The SMILES string of the molecule is O=C(c1ccco1)N1N=C2/C(=C/c3ccc(Br)cc3)CCC[C@H]2[C@H]1c1ccc(Br)cc1. The van der Waals surface area contributed by atoms with Crippen LogP contribution in [0.4, 0.5) is 0 Å². The van der Waals surface area contributed by atoms with Gasteiger partial charge < -0.3 is 4.42 Å². The van der Waals surface area contributed by atoms with E-state index in [4.69, 9.17) is 9.52 Å². The fourth-order valence-corrected chi connectivity index (χ4v) is 4.96. The van der Waals surface area contributed by atoms with Crippen LogP contribution >= 0.6 is 31.9 Å². The van der Waals surface area contributed by atoms with E-state index >= 15 is 0 Å². The lowest BCUT2D eigenvalue weighted by molar-refractivity contribution is 0.0648. The number of halogens is 2. The number of furan rings is 1. The van der Waals surface area contributed by atoms with Crippen LogP contribution < -0.4 is 0 Å². The largest absolute Gasteiger partial charge is 0.459 e. The highest BCUT2D eigenvalue weighted by Crippen LogP contribution is 2.45. The van der Waals surface area contributed by atoms with Gasteiger partial charge in [-0.3, -0.25) is 4.79 Å². The average molecular weight is 540 g/mol. The standard InChI is InChI=1S/C25H20Br2N2O2/c26-19-10-6-16(7-11-19)15-18-3-1-4-21-23(18)28-29(25(30)22-5-2-14-31-22)24(21)17-8-12-20(27)13-9-17/h2,5-15,21,24H,1,3-4H2/b18-15+/t21-,24-/m1/s1. The van der Waals surface area contributed by atoms with E-state index in [0.29, 0.717) is 5.76 Å².